The number of benzene rings is 14. The molecular weight excluding hydrogens is 1010 g/mol. The predicted molar refractivity (Wildman–Crippen MR) is 368 cm³/mol. The van der Waals surface area contributed by atoms with Crippen molar-refractivity contribution < 1.29 is 0 Å². The zero-order chi connectivity index (χ0) is 57.4. The van der Waals surface area contributed by atoms with Gasteiger partial charge in [-0.3, -0.25) is 0 Å². The number of hydrogen-bond acceptors (Lipinski definition) is 0. The maximum atomic E-state index is 2.61. The van der Waals surface area contributed by atoms with E-state index in [9.17, 15) is 0 Å². The Labute approximate surface area is 492 Å². The molecule has 0 atom stereocenters. The number of hydrogen-bond donors (Lipinski definition) is 0. The Morgan fingerprint density at radius 3 is 1.00 bits per heavy atom. The molecule has 0 radical (unpaired) electrons. The van der Waals surface area contributed by atoms with Crippen LogP contribution in [0.25, 0.3) is 174 Å². The van der Waals surface area contributed by atoms with Crippen molar-refractivity contribution >= 4 is 118 Å². The number of fused-ring (bicyclic) bond motifs is 14. The molecule has 0 saturated heterocycles. The van der Waals surface area contributed by atoms with E-state index in [4.69, 9.17) is 0 Å². The van der Waals surface area contributed by atoms with Gasteiger partial charge in [0, 0.05) is 0 Å². The van der Waals surface area contributed by atoms with Gasteiger partial charge in [0.15, 0.2) is 0 Å². The third-order valence-corrected chi connectivity index (χ3v) is 20.0. The van der Waals surface area contributed by atoms with Crippen LogP contribution in [0.3, 0.4) is 0 Å². The molecule has 0 fully saturated rings. The van der Waals surface area contributed by atoms with Crippen LogP contribution >= 0.6 is 0 Å². The zero-order valence-electron chi connectivity index (χ0n) is 50.5. The molecule has 17 rings (SSSR count). The summed E-state index contributed by atoms with van der Waals surface area (Å²) in [6.45, 7) is 28.4. The molecule has 0 heteroatoms. The lowest BCUT2D eigenvalue weighted by Gasteiger charge is -2.28. The van der Waals surface area contributed by atoms with E-state index in [1.807, 2.05) is 0 Å². The van der Waals surface area contributed by atoms with E-state index >= 15 is 0 Å². The van der Waals surface area contributed by atoms with Gasteiger partial charge < -0.3 is 0 Å². The second-order valence-corrected chi connectivity index (χ2v) is 29.1. The lowest BCUT2D eigenvalue weighted by Crippen LogP contribution is -2.16. The van der Waals surface area contributed by atoms with Gasteiger partial charge in [-0.1, -0.05) is 265 Å². The Hall–Kier alpha value is -8.84. The third kappa shape index (κ3) is 6.66. The van der Waals surface area contributed by atoms with Crippen molar-refractivity contribution in [3.05, 3.63) is 216 Å². The molecule has 0 heterocycles. The maximum absolute atomic E-state index is 2.61. The Morgan fingerprint density at radius 1 is 0.179 bits per heavy atom. The van der Waals surface area contributed by atoms with E-state index in [-0.39, 0.29) is 21.7 Å². The first-order valence-corrected chi connectivity index (χ1v) is 30.6. The topological polar surface area (TPSA) is 0 Å². The quantitative estimate of drug-likeness (QED) is 0.122. The summed E-state index contributed by atoms with van der Waals surface area (Å²) in [6, 6.07) is 76.7. The monoisotopic (exact) mass is 1080 g/mol. The SMILES string of the molecule is CC(C)(C)c1cc(-c2c3ccccc3c(-c3cc(C(C)(C)C)cc(C(C)(C)C)c3)c3cc4c(cc23)-c2ccc3c5ccc6c7c(-c8ccccc8)c8cccc9c%10ccccc%10c(c89)c7c7ccc(c8ccc-4c2c38)c5c67)cc(C(C)(C)C)c1. The van der Waals surface area contributed by atoms with Crippen LogP contribution < -0.4 is 0 Å². The summed E-state index contributed by atoms with van der Waals surface area (Å²) >= 11 is 0. The zero-order valence-corrected chi connectivity index (χ0v) is 50.5. The van der Waals surface area contributed by atoms with Crippen molar-refractivity contribution in [1.29, 1.82) is 0 Å². The van der Waals surface area contributed by atoms with Crippen LogP contribution in [0.2, 0.25) is 0 Å². The molecule has 0 amide bonds. The molecule has 16 aromatic carbocycles. The molecule has 0 aliphatic heterocycles. The van der Waals surface area contributed by atoms with E-state index in [2.05, 4.69) is 277 Å². The molecule has 0 aromatic heterocycles. The minimum Gasteiger partial charge on any atom is -0.0622 e. The van der Waals surface area contributed by atoms with Crippen molar-refractivity contribution in [2.75, 3.05) is 0 Å². The Bertz CT molecular complexity index is 5280. The Balaban J connectivity index is 0.988. The highest BCUT2D eigenvalue weighted by molar-refractivity contribution is 6.51. The summed E-state index contributed by atoms with van der Waals surface area (Å²) in [6.07, 6.45) is 0. The van der Waals surface area contributed by atoms with Crippen LogP contribution in [0.1, 0.15) is 105 Å². The molecule has 404 valence electrons. The summed E-state index contributed by atoms with van der Waals surface area (Å²) in [5.74, 6) is 0. The summed E-state index contributed by atoms with van der Waals surface area (Å²) < 4.78 is 0. The molecule has 84 heavy (non-hydrogen) atoms. The van der Waals surface area contributed by atoms with Gasteiger partial charge in [-0.05, 0) is 230 Å². The fourth-order valence-electron chi connectivity index (χ4n) is 15.7. The Kier molecular flexibility index (Phi) is 9.76. The average Bonchev–Trinajstić information content (AvgIpc) is 1.50. The third-order valence-electron chi connectivity index (χ3n) is 20.0. The van der Waals surface area contributed by atoms with Crippen LogP contribution in [0.4, 0.5) is 0 Å². The van der Waals surface area contributed by atoms with Crippen LogP contribution in [0.5, 0.6) is 0 Å². The van der Waals surface area contributed by atoms with Crippen molar-refractivity contribution in [3.63, 3.8) is 0 Å². The molecule has 0 saturated carbocycles. The van der Waals surface area contributed by atoms with E-state index in [1.165, 1.54) is 196 Å². The van der Waals surface area contributed by atoms with E-state index in [0.717, 1.165) is 0 Å². The second kappa shape index (κ2) is 16.5. The highest BCUT2D eigenvalue weighted by Gasteiger charge is 2.32. The van der Waals surface area contributed by atoms with Crippen LogP contribution in [0.15, 0.2) is 194 Å². The van der Waals surface area contributed by atoms with Gasteiger partial charge in [-0.25, -0.2) is 0 Å². The summed E-state index contributed by atoms with van der Waals surface area (Å²) in [5, 5.41) is 29.5. The Morgan fingerprint density at radius 2 is 0.512 bits per heavy atom. The summed E-state index contributed by atoms with van der Waals surface area (Å²) in [7, 11) is 0. The first-order chi connectivity index (χ1) is 40.2. The van der Waals surface area contributed by atoms with Crippen molar-refractivity contribution in [3.8, 4) is 55.6 Å². The lowest BCUT2D eigenvalue weighted by atomic mass is 9.76. The lowest BCUT2D eigenvalue weighted by molar-refractivity contribution is 0.568. The standard InChI is InChI=1S/C84H68/c1-81(2,3)48-37-46(38-49(41-48)82(4,5)6)70-55-25-18-19-26-56(55)71(47-39-50(83(7,8)9)42-51(40-47)84(10,11)12)69-44-67-62-32-30-58-60-34-36-65-77-64(35-33-59(74(60)77)57-29-31-61(75(62)73(57)58)66(67)43-68(69)70)79-72(45-21-14-13-15-22-45)63-28-20-27-53-52-23-16-17-24-54(52)78(76(53)63)80(65)79/h13-44H,1-12H3. The van der Waals surface area contributed by atoms with Crippen LogP contribution in [-0.4, -0.2) is 0 Å². The maximum Gasteiger partial charge on any atom is -0.000696 e. The normalized spacial score (nSPS) is 13.5. The van der Waals surface area contributed by atoms with Crippen LogP contribution in [-0.2, 0) is 21.7 Å². The molecule has 0 bridgehead atoms. The highest BCUT2D eigenvalue weighted by atomic mass is 14.4. The molecule has 0 nitrogen and oxygen atoms in total. The summed E-state index contributed by atoms with van der Waals surface area (Å²) in [5.41, 5.74) is 18.4. The molecule has 1 aliphatic carbocycles. The molecule has 0 unspecified atom stereocenters. The first kappa shape index (κ1) is 49.7. The van der Waals surface area contributed by atoms with Crippen molar-refractivity contribution in [2.24, 2.45) is 0 Å². The molecule has 16 aromatic rings. The molecule has 0 N–H and O–H groups in total. The van der Waals surface area contributed by atoms with Crippen molar-refractivity contribution in [2.45, 2.75) is 105 Å². The van der Waals surface area contributed by atoms with Gasteiger partial charge in [-0.2, -0.15) is 0 Å². The second-order valence-electron chi connectivity index (χ2n) is 29.1. The highest BCUT2D eigenvalue weighted by Crippen LogP contribution is 2.59. The fourth-order valence-corrected chi connectivity index (χ4v) is 15.7. The molecule has 1 aliphatic rings. The fraction of sp³-hybridized carbons (Fsp3) is 0.190. The smallest absolute Gasteiger partial charge is 0.000696 e. The van der Waals surface area contributed by atoms with Gasteiger partial charge in [-0.15, -0.1) is 0 Å². The van der Waals surface area contributed by atoms with E-state index < -0.39 is 0 Å². The minimum atomic E-state index is -0.0441. The van der Waals surface area contributed by atoms with Crippen molar-refractivity contribution in [1.82, 2.24) is 0 Å². The van der Waals surface area contributed by atoms with Gasteiger partial charge in [0.2, 0.25) is 0 Å². The first-order valence-electron chi connectivity index (χ1n) is 30.6. The largest absolute Gasteiger partial charge is 0.0622 e. The predicted octanol–water partition coefficient (Wildman–Crippen LogP) is 24.5. The van der Waals surface area contributed by atoms with Crippen LogP contribution in [0, 0.1) is 0 Å². The van der Waals surface area contributed by atoms with E-state index in [1.54, 1.807) is 0 Å². The van der Waals surface area contributed by atoms with Gasteiger partial charge in [0.1, 0.15) is 0 Å². The van der Waals surface area contributed by atoms with Gasteiger partial charge in [0.25, 0.3) is 0 Å². The minimum absolute atomic E-state index is 0.0441. The molecule has 0 spiro atoms. The van der Waals surface area contributed by atoms with E-state index in [0.29, 0.717) is 0 Å². The van der Waals surface area contributed by atoms with Gasteiger partial charge in [0.05, 0.1) is 0 Å². The van der Waals surface area contributed by atoms with Gasteiger partial charge >= 0.3 is 0 Å². The summed E-state index contributed by atoms with van der Waals surface area (Å²) in [4.78, 5) is 0. The number of rotatable bonds is 3. The molecular formula is C84H68. The average molecular weight is 1080 g/mol.